The Bertz CT molecular complexity index is 997. The van der Waals surface area contributed by atoms with Gasteiger partial charge in [0.15, 0.2) is 0 Å². The van der Waals surface area contributed by atoms with Crippen LogP contribution in [0.4, 0.5) is 0 Å². The molecule has 0 aliphatic heterocycles. The molecule has 0 fully saturated rings. The van der Waals surface area contributed by atoms with E-state index in [-0.39, 0.29) is 0 Å². The quantitative estimate of drug-likeness (QED) is 0.494. The highest BCUT2D eigenvalue weighted by atomic mass is 16.5. The van der Waals surface area contributed by atoms with Gasteiger partial charge in [-0.15, -0.1) is 10.2 Å². The summed E-state index contributed by atoms with van der Waals surface area (Å²) in [4.78, 5) is 0. The fourth-order valence-electron chi connectivity index (χ4n) is 2.94. The lowest BCUT2D eigenvalue weighted by Gasteiger charge is -2.11. The molecule has 1 aromatic heterocycles. The maximum Gasteiger partial charge on any atom is 0.118 e. The lowest BCUT2D eigenvalue weighted by atomic mass is 9.98. The van der Waals surface area contributed by atoms with Gasteiger partial charge in [0.25, 0.3) is 0 Å². The molecule has 3 aromatic carbocycles. The van der Waals surface area contributed by atoms with Crippen molar-refractivity contribution in [1.82, 2.24) is 10.2 Å². The van der Waals surface area contributed by atoms with Crippen molar-refractivity contribution < 1.29 is 4.74 Å². The van der Waals surface area contributed by atoms with Gasteiger partial charge in [-0.1, -0.05) is 72.8 Å². The van der Waals surface area contributed by atoms with Gasteiger partial charge in [0.05, 0.1) is 12.8 Å². The molecule has 126 valence electrons. The first kappa shape index (κ1) is 16.0. The van der Waals surface area contributed by atoms with E-state index in [1.54, 1.807) is 7.11 Å². The first-order valence-corrected chi connectivity index (χ1v) is 8.48. The van der Waals surface area contributed by atoms with Crippen LogP contribution in [0.3, 0.4) is 0 Å². The molecule has 0 radical (unpaired) electrons. The van der Waals surface area contributed by atoms with Crippen LogP contribution in [-0.2, 0) is 0 Å². The third-order valence-corrected chi connectivity index (χ3v) is 4.31. The Morgan fingerprint density at radius 1 is 0.615 bits per heavy atom. The molecule has 0 atom stereocenters. The molecule has 0 aliphatic carbocycles. The predicted molar refractivity (Wildman–Crippen MR) is 105 cm³/mol. The summed E-state index contributed by atoms with van der Waals surface area (Å²) in [5, 5.41) is 9.03. The van der Waals surface area contributed by atoms with E-state index in [2.05, 4.69) is 40.5 Å². The lowest BCUT2D eigenvalue weighted by Crippen LogP contribution is -1.95. The van der Waals surface area contributed by atoms with Gasteiger partial charge in [0.2, 0.25) is 0 Å². The van der Waals surface area contributed by atoms with Crippen LogP contribution in [0, 0.1) is 0 Å². The SMILES string of the molecule is COc1ccc(-c2cc(-c3ccccc3)nnc2-c2ccccc2)cc1. The molecule has 0 saturated carbocycles. The monoisotopic (exact) mass is 338 g/mol. The van der Waals surface area contributed by atoms with Gasteiger partial charge in [0, 0.05) is 16.7 Å². The van der Waals surface area contributed by atoms with Crippen LogP contribution in [0.1, 0.15) is 0 Å². The summed E-state index contributed by atoms with van der Waals surface area (Å²) in [6.07, 6.45) is 0. The van der Waals surface area contributed by atoms with Crippen molar-refractivity contribution in [3.63, 3.8) is 0 Å². The number of hydrogen-bond acceptors (Lipinski definition) is 3. The van der Waals surface area contributed by atoms with Crippen molar-refractivity contribution in [2.75, 3.05) is 7.11 Å². The Hall–Kier alpha value is -3.46. The van der Waals surface area contributed by atoms with Gasteiger partial charge in [-0.3, -0.25) is 0 Å². The molecule has 26 heavy (non-hydrogen) atoms. The maximum atomic E-state index is 5.29. The molecule has 0 saturated heterocycles. The Morgan fingerprint density at radius 3 is 1.85 bits per heavy atom. The van der Waals surface area contributed by atoms with E-state index < -0.39 is 0 Å². The first-order valence-electron chi connectivity index (χ1n) is 8.48. The standard InChI is InChI=1S/C23H18N2O/c1-26-20-14-12-17(13-15-20)21-16-22(18-8-4-2-5-9-18)24-25-23(21)19-10-6-3-7-11-19/h2-16H,1H3. The van der Waals surface area contributed by atoms with Crippen molar-refractivity contribution >= 4 is 0 Å². The van der Waals surface area contributed by atoms with Crippen LogP contribution in [0.25, 0.3) is 33.6 Å². The minimum absolute atomic E-state index is 0.834. The number of benzene rings is 3. The van der Waals surface area contributed by atoms with Gasteiger partial charge in [-0.25, -0.2) is 0 Å². The summed E-state index contributed by atoms with van der Waals surface area (Å²) in [5.41, 5.74) is 5.95. The highest BCUT2D eigenvalue weighted by Crippen LogP contribution is 2.33. The third-order valence-electron chi connectivity index (χ3n) is 4.31. The van der Waals surface area contributed by atoms with Crippen molar-refractivity contribution in [2.24, 2.45) is 0 Å². The molecule has 3 nitrogen and oxygen atoms in total. The highest BCUT2D eigenvalue weighted by molar-refractivity contribution is 5.83. The fraction of sp³-hybridized carbons (Fsp3) is 0.0435. The van der Waals surface area contributed by atoms with Gasteiger partial charge < -0.3 is 4.74 Å². The molecule has 3 heteroatoms. The summed E-state index contributed by atoms with van der Waals surface area (Å²) >= 11 is 0. The largest absolute Gasteiger partial charge is 0.497 e. The van der Waals surface area contributed by atoms with Crippen molar-refractivity contribution in [3.8, 4) is 39.4 Å². The molecular formula is C23H18N2O. The summed E-state index contributed by atoms with van der Waals surface area (Å²) in [5.74, 6) is 0.834. The molecule has 0 bridgehead atoms. The van der Waals surface area contributed by atoms with E-state index in [1.165, 1.54) is 0 Å². The molecule has 4 rings (SSSR count). The fourth-order valence-corrected chi connectivity index (χ4v) is 2.94. The molecule has 4 aromatic rings. The van der Waals surface area contributed by atoms with E-state index in [0.29, 0.717) is 0 Å². The van der Waals surface area contributed by atoms with E-state index >= 15 is 0 Å². The summed E-state index contributed by atoms with van der Waals surface area (Å²) < 4.78 is 5.29. The Labute approximate surface area is 152 Å². The van der Waals surface area contributed by atoms with E-state index in [0.717, 1.165) is 39.4 Å². The third kappa shape index (κ3) is 3.20. The van der Waals surface area contributed by atoms with Gasteiger partial charge in [-0.2, -0.15) is 0 Å². The topological polar surface area (TPSA) is 35.0 Å². The minimum atomic E-state index is 0.834. The number of rotatable bonds is 4. The smallest absolute Gasteiger partial charge is 0.118 e. The summed E-state index contributed by atoms with van der Waals surface area (Å²) in [6.45, 7) is 0. The number of nitrogens with zero attached hydrogens (tertiary/aromatic N) is 2. The number of methoxy groups -OCH3 is 1. The number of aromatic nitrogens is 2. The van der Waals surface area contributed by atoms with Crippen LogP contribution >= 0.6 is 0 Å². The lowest BCUT2D eigenvalue weighted by molar-refractivity contribution is 0.415. The van der Waals surface area contributed by atoms with Crippen LogP contribution in [0.15, 0.2) is 91.0 Å². The normalized spacial score (nSPS) is 10.5. The molecule has 0 amide bonds. The van der Waals surface area contributed by atoms with Gasteiger partial charge in [-0.05, 0) is 23.8 Å². The Balaban J connectivity index is 1.89. The zero-order valence-electron chi connectivity index (χ0n) is 14.5. The van der Waals surface area contributed by atoms with Crippen LogP contribution in [0.2, 0.25) is 0 Å². The Morgan fingerprint density at radius 2 is 1.23 bits per heavy atom. The second-order valence-corrected chi connectivity index (χ2v) is 5.95. The average Bonchev–Trinajstić information content (AvgIpc) is 2.75. The van der Waals surface area contributed by atoms with Crippen LogP contribution < -0.4 is 4.74 Å². The zero-order chi connectivity index (χ0) is 17.8. The summed E-state index contributed by atoms with van der Waals surface area (Å²) in [7, 11) is 1.67. The molecule has 0 spiro atoms. The summed E-state index contributed by atoms with van der Waals surface area (Å²) in [6, 6.07) is 30.4. The van der Waals surface area contributed by atoms with Gasteiger partial charge in [0.1, 0.15) is 11.4 Å². The van der Waals surface area contributed by atoms with E-state index in [1.807, 2.05) is 60.7 Å². The van der Waals surface area contributed by atoms with Crippen molar-refractivity contribution in [2.45, 2.75) is 0 Å². The molecule has 1 heterocycles. The van der Waals surface area contributed by atoms with Crippen molar-refractivity contribution in [1.29, 1.82) is 0 Å². The Kier molecular flexibility index (Phi) is 4.44. The number of ether oxygens (including phenoxy) is 1. The first-order chi connectivity index (χ1) is 12.8. The zero-order valence-corrected chi connectivity index (χ0v) is 14.5. The van der Waals surface area contributed by atoms with Gasteiger partial charge >= 0.3 is 0 Å². The predicted octanol–water partition coefficient (Wildman–Crippen LogP) is 5.49. The highest BCUT2D eigenvalue weighted by Gasteiger charge is 2.12. The molecule has 0 unspecified atom stereocenters. The molecule has 0 aliphatic rings. The molecule has 0 N–H and O–H groups in total. The van der Waals surface area contributed by atoms with Crippen molar-refractivity contribution in [3.05, 3.63) is 91.0 Å². The average molecular weight is 338 g/mol. The second-order valence-electron chi connectivity index (χ2n) is 5.95. The second kappa shape index (κ2) is 7.19. The molecular weight excluding hydrogens is 320 g/mol. The maximum absolute atomic E-state index is 5.29. The van der Waals surface area contributed by atoms with E-state index in [9.17, 15) is 0 Å². The van der Waals surface area contributed by atoms with Crippen LogP contribution in [-0.4, -0.2) is 17.3 Å². The number of hydrogen-bond donors (Lipinski definition) is 0. The minimum Gasteiger partial charge on any atom is -0.497 e. The van der Waals surface area contributed by atoms with E-state index in [4.69, 9.17) is 4.74 Å². The van der Waals surface area contributed by atoms with Crippen LogP contribution in [0.5, 0.6) is 5.75 Å².